The molecule has 0 aliphatic rings. The van der Waals surface area contributed by atoms with Crippen LogP contribution in [0.25, 0.3) is 71.6 Å². The van der Waals surface area contributed by atoms with Gasteiger partial charge in [-0.3, -0.25) is 4.57 Å². The van der Waals surface area contributed by atoms with Crippen molar-refractivity contribution < 1.29 is 5.11 Å². The van der Waals surface area contributed by atoms with Crippen molar-refractivity contribution >= 4 is 109 Å². The van der Waals surface area contributed by atoms with Crippen molar-refractivity contribution in [1.82, 2.24) is 9.55 Å². The molecule has 14 radical (unpaired) electrons. The van der Waals surface area contributed by atoms with Crippen LogP contribution >= 0.6 is 0 Å². The van der Waals surface area contributed by atoms with E-state index >= 15 is 0 Å². The molecule has 1 aromatic heterocycles. The van der Waals surface area contributed by atoms with E-state index in [1.54, 1.807) is 0 Å². The highest BCUT2D eigenvalue weighted by molar-refractivity contribution is 6.64. The maximum atomic E-state index is 11.0. The second kappa shape index (κ2) is 12.0. The lowest BCUT2D eigenvalue weighted by molar-refractivity contribution is 0.482. The molecule has 0 bridgehead atoms. The molecule has 0 atom stereocenters. The first-order valence-electron chi connectivity index (χ1n) is 16.0. The normalized spacial score (nSPS) is 11.8. The van der Waals surface area contributed by atoms with Crippen LogP contribution in [0.5, 0.6) is 5.75 Å². The van der Waals surface area contributed by atoms with Crippen LogP contribution in [0.4, 0.5) is 0 Å². The number of benzene rings is 7. The van der Waals surface area contributed by atoms with E-state index in [1.807, 2.05) is 89.5 Å². The summed E-state index contributed by atoms with van der Waals surface area (Å²) < 4.78 is 1.92. The Balaban J connectivity index is 1.38. The van der Waals surface area contributed by atoms with Crippen molar-refractivity contribution in [2.75, 3.05) is 0 Å². The van der Waals surface area contributed by atoms with Crippen LogP contribution in [0.3, 0.4) is 0 Å². The summed E-state index contributed by atoms with van der Waals surface area (Å²) in [5, 5.41) is 13.6. The van der Waals surface area contributed by atoms with Gasteiger partial charge >= 0.3 is 0 Å². The van der Waals surface area contributed by atoms with Gasteiger partial charge in [0.1, 0.15) is 37.1 Å². The van der Waals surface area contributed by atoms with Crippen LogP contribution in [-0.2, 0) is 5.11 Å². The second-order valence-corrected chi connectivity index (χ2v) is 12.5. The fourth-order valence-electron chi connectivity index (χ4n) is 7.07. The number of fused-ring (bicyclic) bond motifs is 3. The lowest BCUT2D eigenvalue weighted by Crippen LogP contribution is -2.48. The highest BCUT2D eigenvalue weighted by Gasteiger charge is 2.24. The van der Waals surface area contributed by atoms with Gasteiger partial charge in [0.25, 0.3) is 0 Å². The smallest absolute Gasteiger partial charge is 0.118 e. The molecular weight excluding hydrogens is 600 g/mol. The number of aromatic hydroxyl groups is 1. The van der Waals surface area contributed by atoms with Crippen molar-refractivity contribution in [2.24, 2.45) is 0 Å². The SMILES string of the molecule is [B]c1c([B])c([B])c(-c2cccc(-c3c4ccccc4c(-c4cccc(-n5c(C([B])([B])[B])nc6ccccc65)c4)c4ccccc34)c2)c(O)c1[B]. The monoisotopic (exact) mass is 622 g/mol. The van der Waals surface area contributed by atoms with Crippen LogP contribution in [-0.4, -0.2) is 69.6 Å². The van der Waals surface area contributed by atoms with Gasteiger partial charge in [-0.1, -0.05) is 107 Å². The summed E-state index contributed by atoms with van der Waals surface area (Å²) in [6.45, 7) is 0. The molecule has 0 saturated carbocycles. The Morgan fingerprint density at radius 1 is 0.500 bits per heavy atom. The number of nitrogens with zero attached hydrogens (tertiary/aromatic N) is 2. The highest BCUT2D eigenvalue weighted by Crippen LogP contribution is 2.44. The Morgan fingerprint density at radius 3 is 1.56 bits per heavy atom. The molecule has 1 N–H and O–H groups in total. The minimum atomic E-state index is -1.67. The maximum Gasteiger partial charge on any atom is 0.118 e. The molecule has 0 spiro atoms. The number of phenolic OH excluding ortho intramolecular Hbond substituents is 1. The lowest BCUT2D eigenvalue weighted by Gasteiger charge is -2.22. The number of aromatic nitrogens is 2. The van der Waals surface area contributed by atoms with E-state index in [0.717, 1.165) is 60.5 Å². The summed E-state index contributed by atoms with van der Waals surface area (Å²) in [6.07, 6.45) is 0. The first-order valence-corrected chi connectivity index (χ1v) is 16.0. The molecule has 1 heterocycles. The lowest BCUT2D eigenvalue weighted by atomic mass is 9.42. The zero-order chi connectivity index (χ0) is 34.9. The van der Waals surface area contributed by atoms with Crippen molar-refractivity contribution in [3.8, 4) is 44.8 Å². The predicted octanol–water partition coefficient (Wildman–Crippen LogP) is 3.83. The first kappa shape index (κ1) is 32.0. The van der Waals surface area contributed by atoms with E-state index in [2.05, 4.69) is 36.4 Å². The third-order valence-corrected chi connectivity index (χ3v) is 9.34. The first-order chi connectivity index (χ1) is 24.0. The third kappa shape index (κ3) is 5.04. The van der Waals surface area contributed by atoms with E-state index in [-0.39, 0.29) is 27.6 Å². The predicted molar refractivity (Wildman–Crippen MR) is 215 cm³/mol. The van der Waals surface area contributed by atoms with Crippen molar-refractivity contribution in [1.29, 1.82) is 0 Å². The largest absolute Gasteiger partial charge is 0.508 e. The Hall–Kier alpha value is -5.22. The fraction of sp³-hybridized carbons (Fsp3) is 0.0250. The Labute approximate surface area is 300 Å². The number of phenols is 1. The Morgan fingerprint density at radius 2 is 0.980 bits per heavy atom. The Kier molecular flexibility index (Phi) is 7.67. The average molecular weight is 621 g/mol. The molecule has 7 aromatic carbocycles. The zero-order valence-electron chi connectivity index (χ0n) is 26.9. The van der Waals surface area contributed by atoms with Gasteiger partial charge in [0.05, 0.1) is 40.4 Å². The van der Waals surface area contributed by atoms with Gasteiger partial charge in [0.2, 0.25) is 0 Å². The summed E-state index contributed by atoms with van der Waals surface area (Å²) >= 11 is 0. The number of para-hydroxylation sites is 2. The van der Waals surface area contributed by atoms with Gasteiger partial charge in [-0.2, -0.15) is 0 Å². The quantitative estimate of drug-likeness (QED) is 0.235. The van der Waals surface area contributed by atoms with Crippen LogP contribution < -0.4 is 21.9 Å². The van der Waals surface area contributed by atoms with E-state index in [0.29, 0.717) is 17.0 Å². The van der Waals surface area contributed by atoms with E-state index < -0.39 is 5.11 Å². The molecule has 8 aromatic rings. The summed E-state index contributed by atoms with van der Waals surface area (Å²) in [4.78, 5) is 4.71. The molecule has 218 valence electrons. The van der Waals surface area contributed by atoms with Gasteiger partial charge in [-0.25, -0.2) is 4.98 Å². The summed E-state index contributed by atoms with van der Waals surface area (Å²) in [7, 11) is 43.5. The van der Waals surface area contributed by atoms with Gasteiger partial charge in [0.15, 0.2) is 0 Å². The minimum absolute atomic E-state index is 0.00882. The topological polar surface area (TPSA) is 38.0 Å². The number of hydrogen-bond acceptors (Lipinski definition) is 2. The summed E-state index contributed by atoms with van der Waals surface area (Å²) in [6, 6.07) is 40.4. The molecule has 50 heavy (non-hydrogen) atoms. The van der Waals surface area contributed by atoms with E-state index in [9.17, 15) is 5.11 Å². The maximum absolute atomic E-state index is 11.0. The van der Waals surface area contributed by atoms with Crippen LogP contribution in [0.1, 0.15) is 5.82 Å². The van der Waals surface area contributed by atoms with Crippen molar-refractivity contribution in [3.05, 3.63) is 127 Å². The van der Waals surface area contributed by atoms with Crippen molar-refractivity contribution in [3.63, 3.8) is 0 Å². The summed E-state index contributed by atoms with van der Waals surface area (Å²) in [5.41, 5.74) is 7.72. The molecule has 0 amide bonds. The fourth-order valence-corrected chi connectivity index (χ4v) is 7.07. The third-order valence-electron chi connectivity index (χ3n) is 9.34. The molecule has 0 aliphatic carbocycles. The van der Waals surface area contributed by atoms with Crippen molar-refractivity contribution in [2.45, 2.75) is 5.11 Å². The molecule has 10 heteroatoms. The summed E-state index contributed by atoms with van der Waals surface area (Å²) in [5.74, 6) is 0.137. The zero-order valence-corrected chi connectivity index (χ0v) is 26.9. The van der Waals surface area contributed by atoms with Gasteiger partial charge < -0.3 is 5.11 Å². The number of imidazole rings is 1. The molecular formula is C40H21B7N2O. The number of rotatable bonds is 5. The minimum Gasteiger partial charge on any atom is -0.508 e. The van der Waals surface area contributed by atoms with E-state index in [4.69, 9.17) is 59.9 Å². The standard InChI is InChI=1S/C40H21B7N2O/c41-34-33(38(50)37(44)36(43)35(34)42)22-10-7-9-21(19-22)31-25-13-1-3-15-27(25)32(28-16-4-2-14-26(28)31)23-11-8-12-24(20-23)49-30-18-6-5-17-29(30)48-39(49)40(45,46)47/h1-20,50H. The highest BCUT2D eigenvalue weighted by atomic mass is 16.3. The average Bonchev–Trinajstić information content (AvgIpc) is 3.53. The molecule has 3 nitrogen and oxygen atoms in total. The van der Waals surface area contributed by atoms with E-state index in [1.165, 1.54) is 0 Å². The number of hydrogen-bond donors (Lipinski definition) is 1. The molecule has 0 aliphatic heterocycles. The van der Waals surface area contributed by atoms with Gasteiger partial charge in [0, 0.05) is 11.3 Å². The van der Waals surface area contributed by atoms with Gasteiger partial charge in [-0.05, 0) is 79.7 Å². The molecule has 0 saturated heterocycles. The molecule has 0 unspecified atom stereocenters. The molecule has 8 rings (SSSR count). The van der Waals surface area contributed by atoms with Crippen LogP contribution in [0, 0.1) is 0 Å². The van der Waals surface area contributed by atoms with Crippen LogP contribution in [0.2, 0.25) is 0 Å². The Bertz CT molecular complexity index is 2580. The second-order valence-electron chi connectivity index (χ2n) is 12.5. The van der Waals surface area contributed by atoms with Gasteiger partial charge in [-0.15, -0.1) is 10.9 Å². The molecule has 0 fully saturated rings. The van der Waals surface area contributed by atoms with Crippen LogP contribution in [0.15, 0.2) is 121 Å².